The molecule has 0 unspecified atom stereocenters. The molecule has 1 rings (SSSR count). The molecule has 0 aliphatic rings. The third kappa shape index (κ3) is 2.25. The largest absolute Gasteiger partial charge is 0.0840 e. The molecule has 1 aromatic rings. The van der Waals surface area contributed by atoms with Gasteiger partial charge in [-0.05, 0) is 37.0 Å². The first-order valence-electron chi connectivity index (χ1n) is 4.29. The Morgan fingerprint density at radius 1 is 1.42 bits per heavy atom. The first kappa shape index (κ1) is 9.60. The minimum Gasteiger partial charge on any atom is -0.0840 e. The standard InChI is InChI=1S/C11H14Cl/c1-3-4-7-10-9(2)6-5-8-11(10)12/h5-6,8H,1,3-4,7H2,2H3. The Kier molecular flexibility index (Phi) is 3.61. The molecule has 0 saturated heterocycles. The van der Waals surface area contributed by atoms with E-state index in [1.54, 1.807) is 0 Å². The molecule has 0 nitrogen and oxygen atoms in total. The van der Waals surface area contributed by atoms with E-state index in [0.717, 1.165) is 24.3 Å². The van der Waals surface area contributed by atoms with Crippen molar-refractivity contribution in [2.75, 3.05) is 0 Å². The van der Waals surface area contributed by atoms with Crippen molar-refractivity contribution in [2.45, 2.75) is 26.2 Å². The summed E-state index contributed by atoms with van der Waals surface area (Å²) >= 11 is 6.04. The van der Waals surface area contributed by atoms with Crippen molar-refractivity contribution in [1.82, 2.24) is 0 Å². The number of unbranched alkanes of at least 4 members (excludes halogenated alkanes) is 1. The Morgan fingerprint density at radius 2 is 2.17 bits per heavy atom. The van der Waals surface area contributed by atoms with Gasteiger partial charge in [-0.3, -0.25) is 0 Å². The normalized spacial score (nSPS) is 10.2. The zero-order chi connectivity index (χ0) is 8.97. The average Bonchev–Trinajstić information content (AvgIpc) is 2.04. The van der Waals surface area contributed by atoms with Crippen LogP contribution in [0, 0.1) is 13.8 Å². The van der Waals surface area contributed by atoms with Crippen molar-refractivity contribution in [1.29, 1.82) is 0 Å². The maximum absolute atomic E-state index is 6.04. The molecule has 1 aromatic carbocycles. The molecule has 1 radical (unpaired) electrons. The summed E-state index contributed by atoms with van der Waals surface area (Å²) in [5, 5.41) is 0.892. The van der Waals surface area contributed by atoms with E-state index in [1.807, 2.05) is 12.1 Å². The SMILES string of the molecule is [CH2]CCCc1c(C)cccc1Cl. The van der Waals surface area contributed by atoms with E-state index in [0.29, 0.717) is 0 Å². The second-order valence-electron chi connectivity index (χ2n) is 2.99. The molecular weight excluding hydrogens is 168 g/mol. The van der Waals surface area contributed by atoms with Gasteiger partial charge in [0, 0.05) is 5.02 Å². The monoisotopic (exact) mass is 181 g/mol. The van der Waals surface area contributed by atoms with E-state index in [9.17, 15) is 0 Å². The summed E-state index contributed by atoms with van der Waals surface area (Å²) in [6.45, 7) is 5.92. The fraction of sp³-hybridized carbons (Fsp3) is 0.364. The second kappa shape index (κ2) is 4.51. The molecule has 0 spiro atoms. The van der Waals surface area contributed by atoms with Gasteiger partial charge in [-0.25, -0.2) is 0 Å². The molecule has 1 heteroatoms. The predicted molar refractivity (Wildman–Crippen MR) is 54.5 cm³/mol. The van der Waals surface area contributed by atoms with E-state index >= 15 is 0 Å². The minimum absolute atomic E-state index is 0.892. The van der Waals surface area contributed by atoms with Crippen LogP contribution in [0.1, 0.15) is 24.0 Å². The number of benzene rings is 1. The molecule has 0 aliphatic heterocycles. The van der Waals surface area contributed by atoms with Gasteiger partial charge in [0.25, 0.3) is 0 Å². The van der Waals surface area contributed by atoms with Crippen LogP contribution in [0.3, 0.4) is 0 Å². The summed E-state index contributed by atoms with van der Waals surface area (Å²) in [6, 6.07) is 6.04. The molecule has 0 atom stereocenters. The second-order valence-corrected chi connectivity index (χ2v) is 3.40. The highest BCUT2D eigenvalue weighted by Gasteiger charge is 2.01. The Hall–Kier alpha value is -0.490. The number of rotatable bonds is 3. The molecule has 0 saturated carbocycles. The van der Waals surface area contributed by atoms with Crippen LogP contribution in [0.4, 0.5) is 0 Å². The number of hydrogen-bond acceptors (Lipinski definition) is 0. The molecule has 65 valence electrons. The lowest BCUT2D eigenvalue weighted by atomic mass is 10.0. The molecule has 0 aliphatic carbocycles. The molecule has 0 fully saturated rings. The molecule has 0 aromatic heterocycles. The smallest absolute Gasteiger partial charge is 0.0440 e. The summed E-state index contributed by atoms with van der Waals surface area (Å²) in [5.41, 5.74) is 2.57. The van der Waals surface area contributed by atoms with Crippen LogP contribution in [0.15, 0.2) is 18.2 Å². The van der Waals surface area contributed by atoms with Crippen molar-refractivity contribution >= 4 is 11.6 Å². The molecule has 0 bridgehead atoms. The molecule has 0 amide bonds. The van der Waals surface area contributed by atoms with Gasteiger partial charge in [0.05, 0.1) is 0 Å². The van der Waals surface area contributed by atoms with Gasteiger partial charge in [-0.1, -0.05) is 37.1 Å². The maximum Gasteiger partial charge on any atom is 0.0440 e. The van der Waals surface area contributed by atoms with Crippen molar-refractivity contribution in [3.8, 4) is 0 Å². The van der Waals surface area contributed by atoms with Crippen LogP contribution in [0.5, 0.6) is 0 Å². The summed E-state index contributed by atoms with van der Waals surface area (Å²) in [4.78, 5) is 0. The predicted octanol–water partition coefficient (Wildman–Crippen LogP) is 3.81. The third-order valence-electron chi connectivity index (χ3n) is 2.03. The Balaban J connectivity index is 2.81. The van der Waals surface area contributed by atoms with E-state index in [-0.39, 0.29) is 0 Å². The fourth-order valence-corrected chi connectivity index (χ4v) is 1.60. The number of aryl methyl sites for hydroxylation is 1. The summed E-state index contributed by atoms with van der Waals surface area (Å²) in [7, 11) is 0. The number of halogens is 1. The van der Waals surface area contributed by atoms with Crippen LogP contribution < -0.4 is 0 Å². The lowest BCUT2D eigenvalue weighted by Gasteiger charge is -2.06. The third-order valence-corrected chi connectivity index (χ3v) is 2.38. The van der Waals surface area contributed by atoms with E-state index in [2.05, 4.69) is 19.9 Å². The van der Waals surface area contributed by atoms with Crippen LogP contribution in [0.2, 0.25) is 5.02 Å². The quantitative estimate of drug-likeness (QED) is 0.666. The molecule has 12 heavy (non-hydrogen) atoms. The first-order valence-corrected chi connectivity index (χ1v) is 4.66. The Labute approximate surface area is 79.6 Å². The highest BCUT2D eigenvalue weighted by molar-refractivity contribution is 6.31. The van der Waals surface area contributed by atoms with Crippen molar-refractivity contribution in [3.63, 3.8) is 0 Å². The van der Waals surface area contributed by atoms with Crippen LogP contribution >= 0.6 is 11.6 Å². The lowest BCUT2D eigenvalue weighted by Crippen LogP contribution is -1.90. The fourth-order valence-electron chi connectivity index (χ4n) is 1.28. The zero-order valence-corrected chi connectivity index (χ0v) is 8.19. The highest BCUT2D eigenvalue weighted by atomic mass is 35.5. The van der Waals surface area contributed by atoms with Gasteiger partial charge >= 0.3 is 0 Å². The van der Waals surface area contributed by atoms with Crippen molar-refractivity contribution in [2.24, 2.45) is 0 Å². The van der Waals surface area contributed by atoms with Gasteiger partial charge in [0.15, 0.2) is 0 Å². The zero-order valence-electron chi connectivity index (χ0n) is 7.44. The van der Waals surface area contributed by atoms with Gasteiger partial charge in [0.2, 0.25) is 0 Å². The topological polar surface area (TPSA) is 0 Å². The Bertz CT molecular complexity index is 233. The summed E-state index contributed by atoms with van der Waals surface area (Å²) in [5.74, 6) is 0. The van der Waals surface area contributed by atoms with Crippen LogP contribution in [-0.4, -0.2) is 0 Å². The van der Waals surface area contributed by atoms with Gasteiger partial charge in [-0.15, -0.1) is 0 Å². The molecular formula is C11H14Cl. The summed E-state index contributed by atoms with van der Waals surface area (Å²) in [6.07, 6.45) is 3.14. The lowest BCUT2D eigenvalue weighted by molar-refractivity contribution is 0.836. The minimum atomic E-state index is 0.892. The maximum atomic E-state index is 6.04. The van der Waals surface area contributed by atoms with Crippen LogP contribution in [0.25, 0.3) is 0 Å². The highest BCUT2D eigenvalue weighted by Crippen LogP contribution is 2.21. The average molecular weight is 182 g/mol. The molecule has 0 heterocycles. The summed E-state index contributed by atoms with van der Waals surface area (Å²) < 4.78 is 0. The van der Waals surface area contributed by atoms with Gasteiger partial charge < -0.3 is 0 Å². The van der Waals surface area contributed by atoms with Gasteiger partial charge in [0.1, 0.15) is 0 Å². The van der Waals surface area contributed by atoms with Crippen LogP contribution in [-0.2, 0) is 6.42 Å². The number of hydrogen-bond donors (Lipinski definition) is 0. The molecule has 0 N–H and O–H groups in total. The first-order chi connectivity index (χ1) is 5.75. The Morgan fingerprint density at radius 3 is 2.75 bits per heavy atom. The van der Waals surface area contributed by atoms with Crippen molar-refractivity contribution < 1.29 is 0 Å². The van der Waals surface area contributed by atoms with Gasteiger partial charge in [-0.2, -0.15) is 0 Å². The van der Waals surface area contributed by atoms with Crippen molar-refractivity contribution in [3.05, 3.63) is 41.3 Å². The van der Waals surface area contributed by atoms with E-state index in [1.165, 1.54) is 11.1 Å². The van der Waals surface area contributed by atoms with E-state index < -0.39 is 0 Å². The van der Waals surface area contributed by atoms with E-state index in [4.69, 9.17) is 11.6 Å².